The smallest absolute Gasteiger partial charge is 0.317 e. The normalized spacial score (nSPS) is 27.3. The third-order valence-corrected chi connectivity index (χ3v) is 2.92. The van der Waals surface area contributed by atoms with E-state index in [0.717, 1.165) is 26.1 Å². The van der Waals surface area contributed by atoms with Gasteiger partial charge < -0.3 is 15.0 Å². The van der Waals surface area contributed by atoms with E-state index < -0.39 is 6.17 Å². The van der Waals surface area contributed by atoms with Gasteiger partial charge in [-0.25, -0.2) is 9.18 Å². The highest BCUT2D eigenvalue weighted by molar-refractivity contribution is 5.75. The van der Waals surface area contributed by atoms with Gasteiger partial charge >= 0.3 is 6.03 Å². The maximum Gasteiger partial charge on any atom is 0.317 e. The summed E-state index contributed by atoms with van der Waals surface area (Å²) in [5, 5.41) is 2.82. The largest absolute Gasteiger partial charge is 0.381 e. The van der Waals surface area contributed by atoms with Crippen LogP contribution in [-0.2, 0) is 4.74 Å². The van der Waals surface area contributed by atoms with Gasteiger partial charge in [-0.15, -0.1) is 0 Å². The zero-order valence-electron chi connectivity index (χ0n) is 8.75. The van der Waals surface area contributed by atoms with Crippen molar-refractivity contribution in [2.45, 2.75) is 19.0 Å². The number of halogens is 1. The van der Waals surface area contributed by atoms with Crippen molar-refractivity contribution in [2.75, 3.05) is 32.8 Å². The van der Waals surface area contributed by atoms with Crippen LogP contribution in [0.3, 0.4) is 0 Å². The molecule has 86 valence electrons. The Hall–Kier alpha value is -0.840. The van der Waals surface area contributed by atoms with E-state index in [0.29, 0.717) is 12.5 Å². The quantitative estimate of drug-likeness (QED) is 0.741. The van der Waals surface area contributed by atoms with Crippen molar-refractivity contribution in [3.8, 4) is 0 Å². The number of nitrogens with one attached hydrogen (secondary N) is 1. The van der Waals surface area contributed by atoms with Crippen LogP contribution in [0.25, 0.3) is 0 Å². The zero-order chi connectivity index (χ0) is 10.7. The molecule has 0 radical (unpaired) electrons. The van der Waals surface area contributed by atoms with E-state index in [4.69, 9.17) is 4.74 Å². The lowest BCUT2D eigenvalue weighted by Crippen LogP contribution is -2.55. The summed E-state index contributed by atoms with van der Waals surface area (Å²) >= 11 is 0. The number of carbonyl (C=O) groups excluding carboxylic acids is 1. The van der Waals surface area contributed by atoms with Gasteiger partial charge in [0, 0.05) is 13.2 Å². The first kappa shape index (κ1) is 10.7. The Balaban J connectivity index is 1.62. The van der Waals surface area contributed by atoms with E-state index in [2.05, 4.69) is 5.32 Å². The van der Waals surface area contributed by atoms with Crippen molar-refractivity contribution in [3.63, 3.8) is 0 Å². The molecular weight excluding hydrogens is 199 g/mol. The molecule has 0 aromatic heterocycles. The van der Waals surface area contributed by atoms with Gasteiger partial charge in [0.2, 0.25) is 0 Å². The number of alkyl halides is 1. The van der Waals surface area contributed by atoms with E-state index in [1.54, 1.807) is 0 Å². The number of hydrogen-bond acceptors (Lipinski definition) is 2. The average Bonchev–Trinajstić information content (AvgIpc) is 2.23. The number of nitrogens with zero attached hydrogens (tertiary/aromatic N) is 1. The Labute approximate surface area is 88.8 Å². The minimum Gasteiger partial charge on any atom is -0.381 e. The number of urea groups is 1. The molecule has 0 aliphatic carbocycles. The number of likely N-dealkylation sites (tertiary alicyclic amines) is 1. The van der Waals surface area contributed by atoms with Crippen molar-refractivity contribution in [1.82, 2.24) is 10.2 Å². The fourth-order valence-corrected chi connectivity index (χ4v) is 1.90. The number of hydrogen-bond donors (Lipinski definition) is 1. The van der Waals surface area contributed by atoms with E-state index in [1.807, 2.05) is 0 Å². The van der Waals surface area contributed by atoms with Crippen LogP contribution in [0, 0.1) is 5.92 Å². The fraction of sp³-hybridized carbons (Fsp3) is 0.900. The van der Waals surface area contributed by atoms with Crippen LogP contribution < -0.4 is 5.32 Å². The molecule has 0 aromatic carbocycles. The summed E-state index contributed by atoms with van der Waals surface area (Å²) in [5.41, 5.74) is 0. The van der Waals surface area contributed by atoms with Gasteiger partial charge in [0.1, 0.15) is 6.17 Å². The van der Waals surface area contributed by atoms with Gasteiger partial charge in [0.25, 0.3) is 0 Å². The first-order chi connectivity index (χ1) is 7.25. The SMILES string of the molecule is O=C(NCC1CCCOC1)N1CC(F)C1. The number of rotatable bonds is 2. The van der Waals surface area contributed by atoms with Gasteiger partial charge in [-0.3, -0.25) is 0 Å². The van der Waals surface area contributed by atoms with Gasteiger partial charge in [-0.1, -0.05) is 0 Å². The molecule has 1 atom stereocenters. The van der Waals surface area contributed by atoms with Crippen LogP contribution in [0.2, 0.25) is 0 Å². The monoisotopic (exact) mass is 216 g/mol. The first-order valence-electron chi connectivity index (χ1n) is 5.50. The molecule has 2 amide bonds. The predicted molar refractivity (Wildman–Crippen MR) is 53.4 cm³/mol. The molecule has 0 aromatic rings. The molecule has 2 fully saturated rings. The van der Waals surface area contributed by atoms with Crippen LogP contribution in [0.4, 0.5) is 9.18 Å². The molecule has 2 heterocycles. The van der Waals surface area contributed by atoms with Gasteiger partial charge in [-0.05, 0) is 18.8 Å². The Kier molecular flexibility index (Phi) is 3.41. The summed E-state index contributed by atoms with van der Waals surface area (Å²) in [4.78, 5) is 12.9. The van der Waals surface area contributed by atoms with E-state index >= 15 is 0 Å². The molecular formula is C10H17FN2O2. The lowest BCUT2D eigenvalue weighted by atomic mass is 10.0. The van der Waals surface area contributed by atoms with Crippen LogP contribution in [0.1, 0.15) is 12.8 Å². The summed E-state index contributed by atoms with van der Waals surface area (Å²) < 4.78 is 17.8. The van der Waals surface area contributed by atoms with Crippen LogP contribution >= 0.6 is 0 Å². The van der Waals surface area contributed by atoms with Crippen molar-refractivity contribution >= 4 is 6.03 Å². The molecule has 2 aliphatic rings. The third-order valence-electron chi connectivity index (χ3n) is 2.92. The van der Waals surface area contributed by atoms with Crippen molar-refractivity contribution in [1.29, 1.82) is 0 Å². The number of carbonyl (C=O) groups is 1. The molecule has 2 rings (SSSR count). The van der Waals surface area contributed by atoms with E-state index in [1.165, 1.54) is 4.90 Å². The zero-order valence-corrected chi connectivity index (χ0v) is 8.75. The highest BCUT2D eigenvalue weighted by atomic mass is 19.1. The Morgan fingerprint density at radius 2 is 2.33 bits per heavy atom. The molecule has 4 nitrogen and oxygen atoms in total. The highest BCUT2D eigenvalue weighted by Crippen LogP contribution is 2.14. The second-order valence-electron chi connectivity index (χ2n) is 4.27. The summed E-state index contributed by atoms with van der Waals surface area (Å²) in [6.45, 7) is 2.69. The predicted octanol–water partition coefficient (Wildman–Crippen LogP) is 0.776. The molecule has 0 saturated carbocycles. The first-order valence-corrected chi connectivity index (χ1v) is 5.50. The Morgan fingerprint density at radius 3 is 2.93 bits per heavy atom. The van der Waals surface area contributed by atoms with Crippen LogP contribution in [0.15, 0.2) is 0 Å². The van der Waals surface area contributed by atoms with Crippen molar-refractivity contribution in [3.05, 3.63) is 0 Å². The lowest BCUT2D eigenvalue weighted by Gasteiger charge is -2.34. The van der Waals surface area contributed by atoms with Gasteiger partial charge in [0.15, 0.2) is 0 Å². The molecule has 15 heavy (non-hydrogen) atoms. The average molecular weight is 216 g/mol. The lowest BCUT2D eigenvalue weighted by molar-refractivity contribution is 0.0526. The molecule has 2 saturated heterocycles. The van der Waals surface area contributed by atoms with Crippen molar-refractivity contribution in [2.24, 2.45) is 5.92 Å². The van der Waals surface area contributed by atoms with Gasteiger partial charge in [0.05, 0.1) is 19.7 Å². The summed E-state index contributed by atoms with van der Waals surface area (Å²) in [6.07, 6.45) is 1.34. The maximum atomic E-state index is 12.5. The molecule has 2 aliphatic heterocycles. The minimum atomic E-state index is -0.825. The Bertz CT molecular complexity index is 225. The fourth-order valence-electron chi connectivity index (χ4n) is 1.90. The molecule has 1 N–H and O–H groups in total. The van der Waals surface area contributed by atoms with Crippen LogP contribution in [0.5, 0.6) is 0 Å². The Morgan fingerprint density at radius 1 is 1.53 bits per heavy atom. The number of amides is 2. The van der Waals surface area contributed by atoms with E-state index in [-0.39, 0.29) is 19.1 Å². The standard InChI is InChI=1S/C10H17FN2O2/c11-9-5-13(6-9)10(14)12-4-8-2-1-3-15-7-8/h8-9H,1-7H2,(H,12,14). The summed E-state index contributed by atoms with van der Waals surface area (Å²) in [6, 6.07) is -0.144. The number of ether oxygens (including phenoxy) is 1. The molecule has 5 heteroatoms. The second-order valence-corrected chi connectivity index (χ2v) is 4.27. The van der Waals surface area contributed by atoms with Gasteiger partial charge in [-0.2, -0.15) is 0 Å². The summed E-state index contributed by atoms with van der Waals surface area (Å²) in [7, 11) is 0. The molecule has 0 spiro atoms. The van der Waals surface area contributed by atoms with Crippen molar-refractivity contribution < 1.29 is 13.9 Å². The highest BCUT2D eigenvalue weighted by Gasteiger charge is 2.30. The topological polar surface area (TPSA) is 41.6 Å². The third kappa shape index (κ3) is 2.81. The van der Waals surface area contributed by atoms with E-state index in [9.17, 15) is 9.18 Å². The minimum absolute atomic E-state index is 0.144. The second kappa shape index (κ2) is 4.79. The molecule has 0 bridgehead atoms. The maximum absolute atomic E-state index is 12.5. The van der Waals surface area contributed by atoms with Crippen LogP contribution in [-0.4, -0.2) is 50.0 Å². The summed E-state index contributed by atoms with van der Waals surface area (Å²) in [5.74, 6) is 0.421. The molecule has 1 unspecified atom stereocenters.